The molecule has 0 unspecified atom stereocenters. The maximum absolute atomic E-state index is 12.0. The second-order valence-corrected chi connectivity index (χ2v) is 3.72. The van der Waals surface area contributed by atoms with Crippen LogP contribution in [0.1, 0.15) is 35.9 Å². The van der Waals surface area contributed by atoms with E-state index in [1.54, 1.807) is 11.5 Å². The van der Waals surface area contributed by atoms with Crippen LogP contribution >= 0.6 is 0 Å². The van der Waals surface area contributed by atoms with E-state index >= 15 is 0 Å². The van der Waals surface area contributed by atoms with Gasteiger partial charge in [-0.3, -0.25) is 9.36 Å². The summed E-state index contributed by atoms with van der Waals surface area (Å²) in [5.74, 6) is 0.185. The molecule has 0 radical (unpaired) electrons. The second kappa shape index (κ2) is 4.47. The van der Waals surface area contributed by atoms with E-state index in [0.29, 0.717) is 6.54 Å². The van der Waals surface area contributed by atoms with Crippen LogP contribution in [0.15, 0.2) is 11.0 Å². The monoisotopic (exact) mass is 222 g/mol. The number of hydrogen-bond acceptors (Lipinski definition) is 4. The van der Waals surface area contributed by atoms with Crippen molar-refractivity contribution in [3.63, 3.8) is 0 Å². The Hall–Kier alpha value is -1.65. The summed E-state index contributed by atoms with van der Waals surface area (Å²) in [7, 11) is 0. The van der Waals surface area contributed by atoms with Gasteiger partial charge < -0.3 is 4.74 Å². The van der Waals surface area contributed by atoms with E-state index in [9.17, 15) is 9.59 Å². The topological polar surface area (TPSA) is 61.2 Å². The Bertz CT molecular complexity index is 465. The molecule has 0 aliphatic carbocycles. The summed E-state index contributed by atoms with van der Waals surface area (Å²) >= 11 is 0. The van der Waals surface area contributed by atoms with Crippen LogP contribution in [0.5, 0.6) is 0 Å². The van der Waals surface area contributed by atoms with Gasteiger partial charge in [-0.2, -0.15) is 0 Å². The van der Waals surface area contributed by atoms with Gasteiger partial charge in [0.25, 0.3) is 5.56 Å². The summed E-state index contributed by atoms with van der Waals surface area (Å²) in [4.78, 5) is 27.6. The van der Waals surface area contributed by atoms with Crippen molar-refractivity contribution in [3.8, 4) is 0 Å². The molecule has 1 aromatic heterocycles. The zero-order chi connectivity index (χ0) is 11.5. The lowest BCUT2D eigenvalue weighted by atomic mass is 10.1. The van der Waals surface area contributed by atoms with Gasteiger partial charge in [0.05, 0.1) is 6.61 Å². The van der Waals surface area contributed by atoms with E-state index in [2.05, 4.69) is 4.98 Å². The molecule has 0 N–H and O–H groups in total. The predicted molar refractivity (Wildman–Crippen MR) is 57.4 cm³/mol. The van der Waals surface area contributed by atoms with Gasteiger partial charge in [0.1, 0.15) is 11.4 Å². The first-order valence-electron chi connectivity index (χ1n) is 5.50. The Kier molecular flexibility index (Phi) is 3.03. The molecule has 2 heterocycles. The molecule has 5 nitrogen and oxygen atoms in total. The number of rotatable bonds is 2. The van der Waals surface area contributed by atoms with Gasteiger partial charge in [-0.25, -0.2) is 9.78 Å². The van der Waals surface area contributed by atoms with Crippen molar-refractivity contribution in [1.82, 2.24) is 9.55 Å². The number of aromatic nitrogens is 2. The number of fused-ring (bicyclic) bond motifs is 1. The van der Waals surface area contributed by atoms with Crippen LogP contribution in [-0.2, 0) is 17.7 Å². The van der Waals surface area contributed by atoms with Crippen molar-refractivity contribution >= 4 is 5.97 Å². The molecule has 0 amide bonds. The second-order valence-electron chi connectivity index (χ2n) is 3.72. The lowest BCUT2D eigenvalue weighted by Gasteiger charge is -2.17. The van der Waals surface area contributed by atoms with Crippen molar-refractivity contribution < 1.29 is 9.53 Å². The summed E-state index contributed by atoms with van der Waals surface area (Å²) in [6, 6.07) is 0. The largest absolute Gasteiger partial charge is 0.462 e. The van der Waals surface area contributed by atoms with Crippen LogP contribution in [0.4, 0.5) is 0 Å². The number of aryl methyl sites for hydroxylation is 1. The maximum Gasteiger partial charge on any atom is 0.345 e. The zero-order valence-electron chi connectivity index (χ0n) is 9.23. The van der Waals surface area contributed by atoms with Crippen LogP contribution in [0, 0.1) is 0 Å². The fraction of sp³-hybridized carbons (Fsp3) is 0.545. The minimum atomic E-state index is -0.583. The van der Waals surface area contributed by atoms with Crippen LogP contribution in [0.25, 0.3) is 0 Å². The number of ether oxygens (including phenoxy) is 1. The minimum absolute atomic E-state index is 0.0347. The van der Waals surface area contributed by atoms with E-state index in [4.69, 9.17) is 4.74 Å². The summed E-state index contributed by atoms with van der Waals surface area (Å²) < 4.78 is 6.39. The van der Waals surface area contributed by atoms with Crippen molar-refractivity contribution in [2.45, 2.75) is 32.7 Å². The van der Waals surface area contributed by atoms with Crippen molar-refractivity contribution in [3.05, 3.63) is 27.9 Å². The smallest absolute Gasteiger partial charge is 0.345 e. The highest BCUT2D eigenvalue weighted by molar-refractivity contribution is 5.88. The summed E-state index contributed by atoms with van der Waals surface area (Å²) in [6.45, 7) is 2.62. The van der Waals surface area contributed by atoms with Gasteiger partial charge in [-0.1, -0.05) is 0 Å². The fourth-order valence-electron chi connectivity index (χ4n) is 1.86. The Morgan fingerprint density at radius 3 is 3.12 bits per heavy atom. The van der Waals surface area contributed by atoms with Crippen LogP contribution in [0.3, 0.4) is 0 Å². The number of hydrogen-bond donors (Lipinski definition) is 0. The molecule has 1 aliphatic rings. The first-order chi connectivity index (χ1) is 7.74. The summed E-state index contributed by atoms with van der Waals surface area (Å²) in [6.07, 6.45) is 4.14. The highest BCUT2D eigenvalue weighted by Gasteiger charge is 2.18. The molecule has 0 atom stereocenters. The van der Waals surface area contributed by atoms with Crippen LogP contribution < -0.4 is 5.56 Å². The van der Waals surface area contributed by atoms with E-state index < -0.39 is 5.97 Å². The highest BCUT2D eigenvalue weighted by atomic mass is 16.5. The standard InChI is InChI=1S/C11H14N2O3/c1-2-16-11(15)8-7-12-9-5-3-4-6-13(9)10(8)14/h7H,2-6H2,1H3. The number of nitrogens with zero attached hydrogens (tertiary/aromatic N) is 2. The molecule has 0 spiro atoms. The molecule has 0 aromatic carbocycles. The third-order valence-electron chi connectivity index (χ3n) is 2.66. The Balaban J connectivity index is 2.42. The molecule has 0 bridgehead atoms. The Morgan fingerprint density at radius 1 is 1.56 bits per heavy atom. The van der Waals surface area contributed by atoms with Crippen molar-refractivity contribution in [1.29, 1.82) is 0 Å². The van der Waals surface area contributed by atoms with E-state index in [1.807, 2.05) is 0 Å². The average Bonchev–Trinajstić information content (AvgIpc) is 2.30. The van der Waals surface area contributed by atoms with E-state index in [0.717, 1.165) is 25.1 Å². The molecule has 0 fully saturated rings. The van der Waals surface area contributed by atoms with E-state index in [1.165, 1.54) is 6.20 Å². The molecule has 5 heteroatoms. The maximum atomic E-state index is 12.0. The molecule has 1 aromatic rings. The van der Waals surface area contributed by atoms with Gasteiger partial charge in [-0.05, 0) is 19.8 Å². The zero-order valence-corrected chi connectivity index (χ0v) is 9.23. The molecular formula is C11H14N2O3. The third-order valence-corrected chi connectivity index (χ3v) is 2.66. The highest BCUT2D eigenvalue weighted by Crippen LogP contribution is 2.09. The lowest BCUT2D eigenvalue weighted by Crippen LogP contribution is -2.32. The first-order valence-corrected chi connectivity index (χ1v) is 5.50. The molecule has 86 valence electrons. The van der Waals surface area contributed by atoms with Gasteiger partial charge in [0, 0.05) is 19.2 Å². The van der Waals surface area contributed by atoms with Crippen molar-refractivity contribution in [2.75, 3.05) is 6.61 Å². The average molecular weight is 222 g/mol. The van der Waals surface area contributed by atoms with E-state index in [-0.39, 0.29) is 17.7 Å². The molecular weight excluding hydrogens is 208 g/mol. The minimum Gasteiger partial charge on any atom is -0.462 e. The molecule has 2 rings (SSSR count). The van der Waals surface area contributed by atoms with Crippen molar-refractivity contribution in [2.24, 2.45) is 0 Å². The summed E-state index contributed by atoms with van der Waals surface area (Å²) in [5.41, 5.74) is -0.240. The Labute approximate surface area is 93.1 Å². The SMILES string of the molecule is CCOC(=O)c1cnc2n(c1=O)CCCC2. The molecule has 0 saturated heterocycles. The predicted octanol–water partition coefficient (Wildman–Crippen LogP) is 0.756. The fourth-order valence-corrected chi connectivity index (χ4v) is 1.86. The van der Waals surface area contributed by atoms with Crippen LogP contribution in [0.2, 0.25) is 0 Å². The first kappa shape index (κ1) is 10.9. The Morgan fingerprint density at radius 2 is 2.38 bits per heavy atom. The number of carbonyl (C=O) groups excluding carboxylic acids is 1. The third kappa shape index (κ3) is 1.85. The lowest BCUT2D eigenvalue weighted by molar-refractivity contribution is 0.0522. The number of carbonyl (C=O) groups is 1. The quantitative estimate of drug-likeness (QED) is 0.693. The summed E-state index contributed by atoms with van der Waals surface area (Å²) in [5, 5.41) is 0. The van der Waals surface area contributed by atoms with Gasteiger partial charge >= 0.3 is 5.97 Å². The molecule has 0 saturated carbocycles. The van der Waals surface area contributed by atoms with Gasteiger partial charge in [-0.15, -0.1) is 0 Å². The van der Waals surface area contributed by atoms with Crippen LogP contribution in [-0.4, -0.2) is 22.1 Å². The molecule has 16 heavy (non-hydrogen) atoms. The normalized spacial score (nSPS) is 14.3. The number of esters is 1. The molecule has 1 aliphatic heterocycles. The van der Waals surface area contributed by atoms with Gasteiger partial charge in [0.15, 0.2) is 0 Å². The van der Waals surface area contributed by atoms with Gasteiger partial charge in [0.2, 0.25) is 0 Å².